The second-order valence-corrected chi connectivity index (χ2v) is 4.02. The number of nitrogens with zero attached hydrogens (tertiary/aromatic N) is 1. The Balaban J connectivity index is 2.28. The number of aliphatic carboxylic acids is 1. The molecule has 84 valence electrons. The number of para-hydroxylation sites is 1. The van der Waals surface area contributed by atoms with Gasteiger partial charge in [0, 0.05) is 11.7 Å². The Kier molecular flexibility index (Phi) is 2.64. The van der Waals surface area contributed by atoms with Crippen LogP contribution in [0.25, 0.3) is 0 Å². The zero-order valence-corrected chi connectivity index (χ0v) is 9.01. The third-order valence-electron chi connectivity index (χ3n) is 2.78. The van der Waals surface area contributed by atoms with Crippen molar-refractivity contribution in [3.8, 4) is 0 Å². The normalized spacial score (nSPS) is 18.3. The summed E-state index contributed by atoms with van der Waals surface area (Å²) in [5, 5.41) is 8.63. The van der Waals surface area contributed by atoms with Crippen LogP contribution in [0.15, 0.2) is 24.3 Å². The molecule has 1 atom stereocenters. The van der Waals surface area contributed by atoms with Crippen LogP contribution in [-0.4, -0.2) is 23.0 Å². The molecule has 0 spiro atoms. The molecule has 2 rings (SSSR count). The summed E-state index contributed by atoms with van der Waals surface area (Å²) in [5.74, 6) is -1.42. The number of carbonyl (C=O) groups excluding carboxylic acids is 1. The Labute approximate surface area is 93.5 Å². The van der Waals surface area contributed by atoms with Crippen molar-refractivity contribution < 1.29 is 14.7 Å². The highest BCUT2D eigenvalue weighted by Gasteiger charge is 2.31. The SMILES string of the molecule is CC1Cc2ccccc2N1C(=O)CC(=O)O. The number of benzene rings is 1. The Morgan fingerprint density at radius 3 is 2.81 bits per heavy atom. The number of carboxylic acid groups (broad SMARTS) is 1. The van der Waals surface area contributed by atoms with Gasteiger partial charge in [0.15, 0.2) is 0 Å². The third kappa shape index (κ3) is 1.78. The lowest BCUT2D eigenvalue weighted by molar-refractivity contribution is -0.140. The lowest BCUT2D eigenvalue weighted by Gasteiger charge is -2.21. The second kappa shape index (κ2) is 3.96. The van der Waals surface area contributed by atoms with Crippen LogP contribution in [0.3, 0.4) is 0 Å². The summed E-state index contributed by atoms with van der Waals surface area (Å²) in [6.07, 6.45) is 0.347. The van der Waals surface area contributed by atoms with E-state index in [1.165, 1.54) is 0 Å². The summed E-state index contributed by atoms with van der Waals surface area (Å²) < 4.78 is 0. The number of carbonyl (C=O) groups is 2. The average Bonchev–Trinajstić information content (AvgIpc) is 2.52. The Morgan fingerprint density at radius 1 is 1.44 bits per heavy atom. The quantitative estimate of drug-likeness (QED) is 0.766. The Hall–Kier alpha value is -1.84. The van der Waals surface area contributed by atoms with Gasteiger partial charge in [0.05, 0.1) is 0 Å². The predicted molar refractivity (Wildman–Crippen MR) is 59.3 cm³/mol. The molecule has 1 aromatic carbocycles. The summed E-state index contributed by atoms with van der Waals surface area (Å²) in [6.45, 7) is 1.93. The molecule has 1 unspecified atom stereocenters. The van der Waals surface area contributed by atoms with Crippen molar-refractivity contribution in [3.63, 3.8) is 0 Å². The fraction of sp³-hybridized carbons (Fsp3) is 0.333. The van der Waals surface area contributed by atoms with Crippen molar-refractivity contribution in [1.82, 2.24) is 0 Å². The monoisotopic (exact) mass is 219 g/mol. The Bertz CT molecular complexity index is 442. The first-order chi connectivity index (χ1) is 7.59. The van der Waals surface area contributed by atoms with Crippen LogP contribution in [-0.2, 0) is 16.0 Å². The molecule has 4 nitrogen and oxygen atoms in total. The summed E-state index contributed by atoms with van der Waals surface area (Å²) >= 11 is 0. The number of anilines is 1. The van der Waals surface area contributed by atoms with Crippen LogP contribution in [0.4, 0.5) is 5.69 Å². The zero-order valence-electron chi connectivity index (χ0n) is 9.01. The van der Waals surface area contributed by atoms with Crippen LogP contribution in [0.2, 0.25) is 0 Å². The number of hydrogen-bond acceptors (Lipinski definition) is 2. The highest BCUT2D eigenvalue weighted by molar-refractivity contribution is 6.04. The minimum absolute atomic E-state index is 0.0456. The van der Waals surface area contributed by atoms with Gasteiger partial charge in [-0.05, 0) is 25.0 Å². The molecule has 4 heteroatoms. The third-order valence-corrected chi connectivity index (χ3v) is 2.78. The topological polar surface area (TPSA) is 57.6 Å². The fourth-order valence-electron chi connectivity index (χ4n) is 2.16. The highest BCUT2D eigenvalue weighted by atomic mass is 16.4. The molecular formula is C12H13NO3. The van der Waals surface area contributed by atoms with Crippen molar-refractivity contribution in [3.05, 3.63) is 29.8 Å². The number of fused-ring (bicyclic) bond motifs is 1. The molecule has 0 fully saturated rings. The van der Waals surface area contributed by atoms with E-state index in [-0.39, 0.29) is 11.9 Å². The lowest BCUT2D eigenvalue weighted by atomic mass is 10.1. The van der Waals surface area contributed by atoms with Gasteiger partial charge >= 0.3 is 5.97 Å². The number of amides is 1. The maximum Gasteiger partial charge on any atom is 0.312 e. The predicted octanol–water partition coefficient (Wildman–Crippen LogP) is 1.44. The molecule has 0 bridgehead atoms. The van der Waals surface area contributed by atoms with Crippen molar-refractivity contribution >= 4 is 17.6 Å². The first kappa shape index (κ1) is 10.7. The smallest absolute Gasteiger partial charge is 0.312 e. The van der Waals surface area contributed by atoms with Crippen LogP contribution < -0.4 is 4.90 Å². The van der Waals surface area contributed by atoms with E-state index in [2.05, 4.69) is 0 Å². The van der Waals surface area contributed by atoms with Gasteiger partial charge in [-0.3, -0.25) is 9.59 Å². The van der Waals surface area contributed by atoms with Crippen LogP contribution >= 0.6 is 0 Å². The van der Waals surface area contributed by atoms with Gasteiger partial charge in [-0.2, -0.15) is 0 Å². The van der Waals surface area contributed by atoms with Gasteiger partial charge in [0.1, 0.15) is 6.42 Å². The van der Waals surface area contributed by atoms with E-state index in [4.69, 9.17) is 5.11 Å². The largest absolute Gasteiger partial charge is 0.481 e. The first-order valence-corrected chi connectivity index (χ1v) is 5.21. The van der Waals surface area contributed by atoms with Crippen LogP contribution in [0, 0.1) is 0 Å². The van der Waals surface area contributed by atoms with E-state index in [1.54, 1.807) is 4.90 Å². The van der Waals surface area contributed by atoms with E-state index < -0.39 is 12.4 Å². The number of hydrogen-bond donors (Lipinski definition) is 1. The van der Waals surface area contributed by atoms with Crippen LogP contribution in [0.1, 0.15) is 18.9 Å². The minimum Gasteiger partial charge on any atom is -0.481 e. The summed E-state index contributed by atoms with van der Waals surface area (Å²) in [4.78, 5) is 23.9. The van der Waals surface area contributed by atoms with E-state index >= 15 is 0 Å². The fourth-order valence-corrected chi connectivity index (χ4v) is 2.16. The van der Waals surface area contributed by atoms with Gasteiger partial charge in [0.2, 0.25) is 5.91 Å². The van der Waals surface area contributed by atoms with Crippen molar-refractivity contribution in [2.45, 2.75) is 25.8 Å². The van der Waals surface area contributed by atoms with Crippen molar-refractivity contribution in [1.29, 1.82) is 0 Å². The van der Waals surface area contributed by atoms with E-state index in [0.29, 0.717) is 0 Å². The van der Waals surface area contributed by atoms with Gasteiger partial charge < -0.3 is 10.0 Å². The zero-order chi connectivity index (χ0) is 11.7. The second-order valence-electron chi connectivity index (χ2n) is 4.02. The number of carboxylic acids is 1. The molecule has 1 aliphatic heterocycles. The van der Waals surface area contributed by atoms with E-state index in [0.717, 1.165) is 17.7 Å². The van der Waals surface area contributed by atoms with Crippen LogP contribution in [0.5, 0.6) is 0 Å². The van der Waals surface area contributed by atoms with Gasteiger partial charge in [-0.1, -0.05) is 18.2 Å². The molecule has 16 heavy (non-hydrogen) atoms. The summed E-state index contributed by atoms with van der Waals surface area (Å²) in [6, 6.07) is 7.66. The minimum atomic E-state index is -1.08. The van der Waals surface area contributed by atoms with Gasteiger partial charge in [-0.25, -0.2) is 0 Å². The maximum atomic E-state index is 11.8. The molecule has 0 radical (unpaired) electrons. The van der Waals surface area contributed by atoms with E-state index in [1.807, 2.05) is 31.2 Å². The number of rotatable bonds is 2. The lowest BCUT2D eigenvalue weighted by Crippen LogP contribution is -2.36. The Morgan fingerprint density at radius 2 is 2.12 bits per heavy atom. The molecule has 1 aliphatic rings. The van der Waals surface area contributed by atoms with E-state index in [9.17, 15) is 9.59 Å². The van der Waals surface area contributed by atoms with Gasteiger partial charge in [-0.15, -0.1) is 0 Å². The molecule has 1 amide bonds. The summed E-state index contributed by atoms with van der Waals surface area (Å²) in [5.41, 5.74) is 1.95. The standard InChI is InChI=1S/C12H13NO3/c1-8-6-9-4-2-3-5-10(9)13(8)11(14)7-12(15)16/h2-5,8H,6-7H2,1H3,(H,15,16). The first-order valence-electron chi connectivity index (χ1n) is 5.21. The van der Waals surface area contributed by atoms with Crippen molar-refractivity contribution in [2.24, 2.45) is 0 Å². The molecule has 0 aliphatic carbocycles. The molecule has 1 N–H and O–H groups in total. The van der Waals surface area contributed by atoms with Crippen molar-refractivity contribution in [2.75, 3.05) is 4.90 Å². The highest BCUT2D eigenvalue weighted by Crippen LogP contribution is 2.32. The molecule has 0 aromatic heterocycles. The molecule has 0 saturated carbocycles. The molecule has 0 saturated heterocycles. The van der Waals surface area contributed by atoms with Gasteiger partial charge in [0.25, 0.3) is 0 Å². The average molecular weight is 219 g/mol. The summed E-state index contributed by atoms with van der Waals surface area (Å²) in [7, 11) is 0. The molecule has 1 aromatic rings. The maximum absolute atomic E-state index is 11.8. The molecule has 1 heterocycles. The molecular weight excluding hydrogens is 206 g/mol.